The number of rotatable bonds is 1. The van der Waals surface area contributed by atoms with E-state index in [-0.39, 0.29) is 0 Å². The van der Waals surface area contributed by atoms with Gasteiger partial charge in [0.2, 0.25) is 0 Å². The molecule has 0 aromatic heterocycles. The SMILES string of the molecule is C[C@H]1[C@H](c2ccccc2)c2cc(Cl)cc(Cl)c2CN1C. The quantitative estimate of drug-likeness (QED) is 0.720. The van der Waals surface area contributed by atoms with Crippen LogP contribution >= 0.6 is 23.2 Å². The van der Waals surface area contributed by atoms with Gasteiger partial charge in [0.25, 0.3) is 0 Å². The van der Waals surface area contributed by atoms with Crippen molar-refractivity contribution in [3.63, 3.8) is 0 Å². The van der Waals surface area contributed by atoms with Crippen molar-refractivity contribution in [2.75, 3.05) is 7.05 Å². The van der Waals surface area contributed by atoms with Crippen LogP contribution in [0.2, 0.25) is 10.0 Å². The van der Waals surface area contributed by atoms with Crippen LogP contribution in [-0.4, -0.2) is 18.0 Å². The van der Waals surface area contributed by atoms with Crippen molar-refractivity contribution in [3.05, 3.63) is 69.2 Å². The van der Waals surface area contributed by atoms with Crippen molar-refractivity contribution in [1.29, 1.82) is 0 Å². The monoisotopic (exact) mass is 305 g/mol. The number of nitrogens with zero attached hydrogens (tertiary/aromatic N) is 1. The Morgan fingerprint density at radius 2 is 1.80 bits per heavy atom. The molecule has 0 radical (unpaired) electrons. The second-order valence-electron chi connectivity index (χ2n) is 5.50. The van der Waals surface area contributed by atoms with E-state index >= 15 is 0 Å². The lowest BCUT2D eigenvalue weighted by Gasteiger charge is -2.39. The van der Waals surface area contributed by atoms with E-state index in [1.54, 1.807) is 0 Å². The van der Waals surface area contributed by atoms with E-state index in [9.17, 15) is 0 Å². The Morgan fingerprint density at radius 1 is 1.10 bits per heavy atom. The van der Waals surface area contributed by atoms with Gasteiger partial charge >= 0.3 is 0 Å². The van der Waals surface area contributed by atoms with Gasteiger partial charge in [-0.2, -0.15) is 0 Å². The largest absolute Gasteiger partial charge is 0.298 e. The third-order valence-electron chi connectivity index (χ3n) is 4.27. The predicted molar refractivity (Wildman–Crippen MR) is 85.7 cm³/mol. The molecule has 1 aliphatic rings. The molecule has 3 rings (SSSR count). The standard InChI is InChI=1S/C17H17Cl2N/c1-11-17(12-6-4-3-5-7-12)14-8-13(18)9-16(19)15(14)10-20(11)2/h3-9,11,17H,10H2,1-2H3/t11-,17+/m0/s1. The van der Waals surface area contributed by atoms with Crippen molar-refractivity contribution in [1.82, 2.24) is 4.90 Å². The van der Waals surface area contributed by atoms with Crippen molar-refractivity contribution in [3.8, 4) is 0 Å². The fraction of sp³-hybridized carbons (Fsp3) is 0.294. The molecule has 0 spiro atoms. The van der Waals surface area contributed by atoms with Crippen molar-refractivity contribution in [2.24, 2.45) is 0 Å². The number of fused-ring (bicyclic) bond motifs is 1. The van der Waals surface area contributed by atoms with Crippen LogP contribution in [0.4, 0.5) is 0 Å². The molecule has 2 aromatic carbocycles. The van der Waals surface area contributed by atoms with E-state index in [1.807, 2.05) is 12.1 Å². The van der Waals surface area contributed by atoms with Gasteiger partial charge in [0, 0.05) is 28.5 Å². The van der Waals surface area contributed by atoms with Crippen LogP contribution in [0.1, 0.15) is 29.5 Å². The molecule has 1 heterocycles. The molecule has 1 nitrogen and oxygen atoms in total. The number of benzene rings is 2. The lowest BCUT2D eigenvalue weighted by atomic mass is 9.80. The zero-order chi connectivity index (χ0) is 14.3. The van der Waals surface area contributed by atoms with E-state index in [0.717, 1.165) is 11.6 Å². The predicted octanol–water partition coefficient (Wildman–Crippen LogP) is 4.96. The van der Waals surface area contributed by atoms with E-state index in [1.165, 1.54) is 16.7 Å². The average molecular weight is 306 g/mol. The maximum Gasteiger partial charge on any atom is 0.0468 e. The molecule has 0 fully saturated rings. The molecule has 20 heavy (non-hydrogen) atoms. The Labute approximate surface area is 130 Å². The van der Waals surface area contributed by atoms with Crippen LogP contribution < -0.4 is 0 Å². The highest BCUT2D eigenvalue weighted by atomic mass is 35.5. The lowest BCUT2D eigenvalue weighted by molar-refractivity contribution is 0.212. The highest BCUT2D eigenvalue weighted by molar-refractivity contribution is 6.35. The van der Waals surface area contributed by atoms with Crippen LogP contribution in [0.15, 0.2) is 42.5 Å². The summed E-state index contributed by atoms with van der Waals surface area (Å²) >= 11 is 12.6. The molecule has 0 bridgehead atoms. The normalized spacial score (nSPS) is 22.6. The second kappa shape index (κ2) is 5.40. The summed E-state index contributed by atoms with van der Waals surface area (Å²) in [6.45, 7) is 3.13. The summed E-state index contributed by atoms with van der Waals surface area (Å²) < 4.78 is 0. The molecule has 0 saturated carbocycles. The Hall–Kier alpha value is -1.02. The number of halogens is 2. The number of likely N-dealkylation sites (N-methyl/N-ethyl adjacent to an activating group) is 1. The number of hydrogen-bond donors (Lipinski definition) is 0. The van der Waals surface area contributed by atoms with Gasteiger partial charge in [-0.3, -0.25) is 4.90 Å². The first-order chi connectivity index (χ1) is 9.58. The Balaban J connectivity index is 2.20. The van der Waals surface area contributed by atoms with Gasteiger partial charge < -0.3 is 0 Å². The molecular formula is C17H17Cl2N. The Morgan fingerprint density at radius 3 is 2.50 bits per heavy atom. The van der Waals surface area contributed by atoms with Crippen molar-refractivity contribution >= 4 is 23.2 Å². The van der Waals surface area contributed by atoms with Crippen LogP contribution in [0.3, 0.4) is 0 Å². The summed E-state index contributed by atoms with van der Waals surface area (Å²) in [6.07, 6.45) is 0. The third-order valence-corrected chi connectivity index (χ3v) is 4.83. The first-order valence-electron chi connectivity index (χ1n) is 6.81. The minimum absolute atomic E-state index is 0.307. The van der Waals surface area contributed by atoms with Gasteiger partial charge in [0.05, 0.1) is 0 Å². The Kier molecular flexibility index (Phi) is 3.76. The molecule has 0 N–H and O–H groups in total. The van der Waals surface area contributed by atoms with E-state index in [4.69, 9.17) is 23.2 Å². The molecule has 104 valence electrons. The van der Waals surface area contributed by atoms with E-state index < -0.39 is 0 Å². The zero-order valence-corrected chi connectivity index (χ0v) is 13.1. The van der Waals surface area contributed by atoms with Crippen LogP contribution in [0, 0.1) is 0 Å². The summed E-state index contributed by atoms with van der Waals surface area (Å²) in [4.78, 5) is 2.35. The molecule has 3 heteroatoms. The first kappa shape index (κ1) is 13.9. The Bertz CT molecular complexity index is 624. The molecule has 0 unspecified atom stereocenters. The van der Waals surface area contributed by atoms with Gasteiger partial charge in [-0.25, -0.2) is 0 Å². The average Bonchev–Trinajstić information content (AvgIpc) is 2.42. The molecule has 2 aromatic rings. The minimum Gasteiger partial charge on any atom is -0.298 e. The van der Waals surface area contributed by atoms with Crippen LogP contribution in [0.25, 0.3) is 0 Å². The maximum atomic E-state index is 6.40. The number of hydrogen-bond acceptors (Lipinski definition) is 1. The fourth-order valence-corrected chi connectivity index (χ4v) is 3.66. The van der Waals surface area contributed by atoms with Gasteiger partial charge in [-0.1, -0.05) is 53.5 Å². The van der Waals surface area contributed by atoms with Crippen molar-refractivity contribution < 1.29 is 0 Å². The van der Waals surface area contributed by atoms with Crippen LogP contribution in [0.5, 0.6) is 0 Å². The molecule has 0 saturated heterocycles. The lowest BCUT2D eigenvalue weighted by Crippen LogP contribution is -2.39. The minimum atomic E-state index is 0.307. The molecule has 0 amide bonds. The highest BCUT2D eigenvalue weighted by Crippen LogP contribution is 2.41. The summed E-state index contributed by atoms with van der Waals surface area (Å²) in [5, 5.41) is 1.48. The smallest absolute Gasteiger partial charge is 0.0468 e. The molecule has 0 aliphatic carbocycles. The summed E-state index contributed by atoms with van der Waals surface area (Å²) in [6, 6.07) is 14.9. The molecular weight excluding hydrogens is 289 g/mol. The summed E-state index contributed by atoms with van der Waals surface area (Å²) in [5.74, 6) is 0.307. The topological polar surface area (TPSA) is 3.24 Å². The zero-order valence-electron chi connectivity index (χ0n) is 11.6. The fourth-order valence-electron chi connectivity index (χ4n) is 3.09. The third kappa shape index (κ3) is 2.35. The summed E-state index contributed by atoms with van der Waals surface area (Å²) in [5.41, 5.74) is 3.77. The van der Waals surface area contributed by atoms with E-state index in [0.29, 0.717) is 17.0 Å². The van der Waals surface area contributed by atoms with Gasteiger partial charge in [0.1, 0.15) is 0 Å². The highest BCUT2D eigenvalue weighted by Gasteiger charge is 2.32. The molecule has 2 atom stereocenters. The van der Waals surface area contributed by atoms with E-state index in [2.05, 4.69) is 49.2 Å². The second-order valence-corrected chi connectivity index (χ2v) is 6.34. The van der Waals surface area contributed by atoms with Gasteiger partial charge in [-0.05, 0) is 42.8 Å². The summed E-state index contributed by atoms with van der Waals surface area (Å²) in [7, 11) is 2.15. The maximum absolute atomic E-state index is 6.40. The van der Waals surface area contributed by atoms with Gasteiger partial charge in [0.15, 0.2) is 0 Å². The first-order valence-corrected chi connectivity index (χ1v) is 7.56. The van der Waals surface area contributed by atoms with Crippen LogP contribution in [-0.2, 0) is 6.54 Å². The van der Waals surface area contributed by atoms with Crippen molar-refractivity contribution in [2.45, 2.75) is 25.4 Å². The van der Waals surface area contributed by atoms with Gasteiger partial charge in [-0.15, -0.1) is 0 Å². The molecule has 1 aliphatic heterocycles.